The summed E-state index contributed by atoms with van der Waals surface area (Å²) in [6.07, 6.45) is 4.21. The summed E-state index contributed by atoms with van der Waals surface area (Å²) in [5.74, 6) is 4.37. The summed E-state index contributed by atoms with van der Waals surface area (Å²) in [7, 11) is 0. The van der Waals surface area contributed by atoms with Gasteiger partial charge in [0, 0.05) is 35.8 Å². The average molecular weight is 308 g/mol. The SMILES string of the molecule is Cc1cc(C(Cc2cn3ccsc3n2)NN)c(F)cc1F. The molecular weight excluding hydrogens is 294 g/mol. The summed E-state index contributed by atoms with van der Waals surface area (Å²) in [5.41, 5.74) is 4.11. The Balaban J connectivity index is 1.91. The van der Waals surface area contributed by atoms with Gasteiger partial charge in [0.05, 0.1) is 11.7 Å². The van der Waals surface area contributed by atoms with E-state index in [0.29, 0.717) is 17.5 Å². The van der Waals surface area contributed by atoms with Crippen LogP contribution in [0.5, 0.6) is 0 Å². The smallest absolute Gasteiger partial charge is 0.193 e. The van der Waals surface area contributed by atoms with Gasteiger partial charge in [-0.3, -0.25) is 15.7 Å². The lowest BCUT2D eigenvalue weighted by molar-refractivity contribution is 0.498. The molecule has 0 aliphatic carbocycles. The van der Waals surface area contributed by atoms with Crippen LogP contribution in [-0.2, 0) is 6.42 Å². The van der Waals surface area contributed by atoms with E-state index in [0.717, 1.165) is 16.7 Å². The maximum absolute atomic E-state index is 14.0. The molecule has 3 rings (SSSR count). The van der Waals surface area contributed by atoms with E-state index >= 15 is 0 Å². The van der Waals surface area contributed by atoms with Crippen LogP contribution in [0.25, 0.3) is 4.96 Å². The minimum Gasteiger partial charge on any atom is -0.297 e. The maximum atomic E-state index is 14.0. The molecule has 7 heteroatoms. The lowest BCUT2D eigenvalue weighted by atomic mass is 10.00. The van der Waals surface area contributed by atoms with Gasteiger partial charge in [0.25, 0.3) is 0 Å². The molecule has 0 bridgehead atoms. The minimum absolute atomic E-state index is 0.341. The molecule has 0 saturated carbocycles. The molecule has 1 atom stereocenters. The van der Waals surface area contributed by atoms with Crippen LogP contribution in [0.15, 0.2) is 29.9 Å². The normalized spacial score (nSPS) is 13.0. The number of benzene rings is 1. The van der Waals surface area contributed by atoms with Gasteiger partial charge in [0.2, 0.25) is 0 Å². The fourth-order valence-corrected chi connectivity index (χ4v) is 3.01. The van der Waals surface area contributed by atoms with Crippen LogP contribution < -0.4 is 11.3 Å². The molecule has 0 fully saturated rings. The van der Waals surface area contributed by atoms with E-state index in [1.54, 1.807) is 6.92 Å². The first-order valence-corrected chi connectivity index (χ1v) is 7.29. The highest BCUT2D eigenvalue weighted by molar-refractivity contribution is 7.15. The third-order valence-electron chi connectivity index (χ3n) is 3.41. The van der Waals surface area contributed by atoms with Crippen molar-refractivity contribution in [2.45, 2.75) is 19.4 Å². The molecule has 1 unspecified atom stereocenters. The largest absolute Gasteiger partial charge is 0.297 e. The summed E-state index contributed by atoms with van der Waals surface area (Å²) >= 11 is 1.52. The Morgan fingerprint density at radius 3 is 2.90 bits per heavy atom. The molecule has 2 heterocycles. The Morgan fingerprint density at radius 2 is 2.19 bits per heavy atom. The molecule has 4 nitrogen and oxygen atoms in total. The Hall–Kier alpha value is -1.83. The Morgan fingerprint density at radius 1 is 1.38 bits per heavy atom. The quantitative estimate of drug-likeness (QED) is 0.575. The zero-order valence-corrected chi connectivity index (χ0v) is 12.1. The van der Waals surface area contributed by atoms with Crippen molar-refractivity contribution in [1.29, 1.82) is 0 Å². The number of rotatable bonds is 4. The van der Waals surface area contributed by atoms with Gasteiger partial charge in [-0.05, 0) is 18.6 Å². The number of nitrogens with two attached hydrogens (primary N) is 1. The van der Waals surface area contributed by atoms with Gasteiger partial charge < -0.3 is 0 Å². The van der Waals surface area contributed by atoms with Crippen LogP contribution in [0.4, 0.5) is 8.78 Å². The number of fused-ring (bicyclic) bond motifs is 1. The van der Waals surface area contributed by atoms with E-state index < -0.39 is 17.7 Å². The number of aryl methyl sites for hydroxylation is 1. The van der Waals surface area contributed by atoms with Gasteiger partial charge in [-0.25, -0.2) is 13.8 Å². The monoisotopic (exact) mass is 308 g/mol. The summed E-state index contributed by atoms with van der Waals surface area (Å²) in [6, 6.07) is 1.91. The number of aromatic nitrogens is 2. The first-order chi connectivity index (χ1) is 10.1. The van der Waals surface area contributed by atoms with E-state index in [1.807, 2.05) is 22.2 Å². The number of hydrogen-bond donors (Lipinski definition) is 2. The number of hydrogen-bond acceptors (Lipinski definition) is 4. The summed E-state index contributed by atoms with van der Waals surface area (Å²) in [5, 5.41) is 1.94. The number of hydrazine groups is 1. The molecule has 0 saturated heterocycles. The van der Waals surface area contributed by atoms with E-state index in [-0.39, 0.29) is 0 Å². The molecule has 1 aromatic carbocycles. The molecular formula is C14H14F2N4S. The van der Waals surface area contributed by atoms with Crippen molar-refractivity contribution in [2.75, 3.05) is 0 Å². The lowest BCUT2D eigenvalue weighted by Crippen LogP contribution is -2.30. The molecule has 3 aromatic rings. The van der Waals surface area contributed by atoms with Gasteiger partial charge in [0.15, 0.2) is 4.96 Å². The van der Waals surface area contributed by atoms with Crippen molar-refractivity contribution in [1.82, 2.24) is 14.8 Å². The highest BCUT2D eigenvalue weighted by Crippen LogP contribution is 2.24. The van der Waals surface area contributed by atoms with Crippen molar-refractivity contribution in [3.8, 4) is 0 Å². The Labute approximate surface area is 124 Å². The standard InChI is InChI=1S/C14H14F2N4S/c1-8-4-10(12(16)6-11(8)15)13(19-17)5-9-7-20-2-3-21-14(20)18-9/h2-4,6-7,13,19H,5,17H2,1H3. The number of nitrogens with one attached hydrogen (secondary N) is 1. The molecule has 110 valence electrons. The van der Waals surface area contributed by atoms with E-state index in [4.69, 9.17) is 5.84 Å². The van der Waals surface area contributed by atoms with Crippen LogP contribution in [0.2, 0.25) is 0 Å². The molecule has 3 N–H and O–H groups in total. The maximum Gasteiger partial charge on any atom is 0.193 e. The highest BCUT2D eigenvalue weighted by Gasteiger charge is 2.18. The van der Waals surface area contributed by atoms with Crippen LogP contribution in [0.3, 0.4) is 0 Å². The topological polar surface area (TPSA) is 55.3 Å². The molecule has 21 heavy (non-hydrogen) atoms. The van der Waals surface area contributed by atoms with Crippen LogP contribution in [-0.4, -0.2) is 9.38 Å². The van der Waals surface area contributed by atoms with Crippen LogP contribution in [0.1, 0.15) is 22.9 Å². The van der Waals surface area contributed by atoms with Gasteiger partial charge >= 0.3 is 0 Å². The molecule has 2 aromatic heterocycles. The molecule has 0 amide bonds. The molecule has 0 aliphatic heterocycles. The summed E-state index contributed by atoms with van der Waals surface area (Å²) in [6.45, 7) is 1.60. The number of thiazole rings is 1. The Kier molecular flexibility index (Phi) is 3.71. The zero-order valence-electron chi connectivity index (χ0n) is 11.3. The van der Waals surface area contributed by atoms with E-state index in [1.165, 1.54) is 17.4 Å². The average Bonchev–Trinajstić information content (AvgIpc) is 3.01. The van der Waals surface area contributed by atoms with Crippen LogP contribution in [0, 0.1) is 18.6 Å². The van der Waals surface area contributed by atoms with Crippen molar-refractivity contribution in [3.63, 3.8) is 0 Å². The lowest BCUT2D eigenvalue weighted by Gasteiger charge is -2.16. The second kappa shape index (κ2) is 5.51. The van der Waals surface area contributed by atoms with Crippen LogP contribution >= 0.6 is 11.3 Å². The second-order valence-electron chi connectivity index (χ2n) is 4.87. The molecule has 0 aliphatic rings. The van der Waals surface area contributed by atoms with E-state index in [9.17, 15) is 8.78 Å². The highest BCUT2D eigenvalue weighted by atomic mass is 32.1. The van der Waals surface area contributed by atoms with Gasteiger partial charge in [0.1, 0.15) is 11.6 Å². The number of halogens is 2. The van der Waals surface area contributed by atoms with E-state index in [2.05, 4.69) is 10.4 Å². The molecule has 0 spiro atoms. The van der Waals surface area contributed by atoms with Crippen molar-refractivity contribution < 1.29 is 8.78 Å². The number of nitrogens with zero attached hydrogens (tertiary/aromatic N) is 2. The summed E-state index contributed by atoms with van der Waals surface area (Å²) < 4.78 is 29.2. The second-order valence-corrected chi connectivity index (χ2v) is 5.74. The van der Waals surface area contributed by atoms with Gasteiger partial charge in [-0.1, -0.05) is 0 Å². The predicted molar refractivity (Wildman–Crippen MR) is 77.9 cm³/mol. The fraction of sp³-hybridized carbons (Fsp3) is 0.214. The first-order valence-electron chi connectivity index (χ1n) is 6.41. The third kappa shape index (κ3) is 2.67. The number of imidazole rings is 1. The summed E-state index contributed by atoms with van der Waals surface area (Å²) in [4.78, 5) is 5.32. The predicted octanol–water partition coefficient (Wildman–Crippen LogP) is 2.73. The molecule has 0 radical (unpaired) electrons. The van der Waals surface area contributed by atoms with Crippen molar-refractivity contribution in [3.05, 3.63) is 58.4 Å². The minimum atomic E-state index is -0.609. The zero-order chi connectivity index (χ0) is 15.0. The first kappa shape index (κ1) is 14.1. The third-order valence-corrected chi connectivity index (χ3v) is 4.18. The van der Waals surface area contributed by atoms with Gasteiger partial charge in [-0.15, -0.1) is 11.3 Å². The fourth-order valence-electron chi connectivity index (χ4n) is 2.29. The van der Waals surface area contributed by atoms with Crippen molar-refractivity contribution >= 4 is 16.3 Å². The van der Waals surface area contributed by atoms with Crippen molar-refractivity contribution in [2.24, 2.45) is 5.84 Å². The Bertz CT molecular complexity index is 752. The van der Waals surface area contributed by atoms with Gasteiger partial charge in [-0.2, -0.15) is 0 Å².